The predicted molar refractivity (Wildman–Crippen MR) is 87.1 cm³/mol. The predicted octanol–water partition coefficient (Wildman–Crippen LogP) is 3.17. The SMILES string of the molecule is O=C(NC1CCCCC1CO)c1ccc2nc(Cl)ccc2c1. The lowest BCUT2D eigenvalue weighted by Gasteiger charge is -2.30. The molecule has 1 fully saturated rings. The Labute approximate surface area is 134 Å². The summed E-state index contributed by atoms with van der Waals surface area (Å²) < 4.78 is 0. The Morgan fingerprint density at radius 1 is 1.27 bits per heavy atom. The minimum atomic E-state index is -0.0952. The average molecular weight is 319 g/mol. The van der Waals surface area contributed by atoms with E-state index in [2.05, 4.69) is 10.3 Å². The van der Waals surface area contributed by atoms with Gasteiger partial charge in [-0.05, 0) is 43.2 Å². The molecule has 4 nitrogen and oxygen atoms in total. The van der Waals surface area contributed by atoms with Crippen LogP contribution >= 0.6 is 11.6 Å². The van der Waals surface area contributed by atoms with Crippen LogP contribution in [0.15, 0.2) is 30.3 Å². The van der Waals surface area contributed by atoms with Crippen molar-refractivity contribution in [3.8, 4) is 0 Å². The summed E-state index contributed by atoms with van der Waals surface area (Å²) in [7, 11) is 0. The van der Waals surface area contributed by atoms with Crippen LogP contribution < -0.4 is 5.32 Å². The molecule has 2 unspecified atom stereocenters. The third kappa shape index (κ3) is 3.23. The minimum absolute atomic E-state index is 0.0605. The van der Waals surface area contributed by atoms with Crippen molar-refractivity contribution in [1.82, 2.24) is 10.3 Å². The van der Waals surface area contributed by atoms with Crippen molar-refractivity contribution >= 4 is 28.4 Å². The van der Waals surface area contributed by atoms with Crippen LogP contribution in [0.2, 0.25) is 5.15 Å². The van der Waals surface area contributed by atoms with Gasteiger partial charge in [0, 0.05) is 29.5 Å². The molecule has 116 valence electrons. The molecule has 3 rings (SSSR count). The van der Waals surface area contributed by atoms with Gasteiger partial charge in [0.05, 0.1) is 5.52 Å². The van der Waals surface area contributed by atoms with Crippen molar-refractivity contribution in [1.29, 1.82) is 0 Å². The first kappa shape index (κ1) is 15.3. The van der Waals surface area contributed by atoms with Gasteiger partial charge < -0.3 is 10.4 Å². The number of benzene rings is 1. The molecule has 2 atom stereocenters. The molecule has 0 aliphatic heterocycles. The van der Waals surface area contributed by atoms with E-state index in [1.807, 2.05) is 12.1 Å². The lowest BCUT2D eigenvalue weighted by molar-refractivity contribution is 0.0872. The van der Waals surface area contributed by atoms with Crippen LogP contribution in [0.1, 0.15) is 36.0 Å². The maximum absolute atomic E-state index is 12.4. The Balaban J connectivity index is 1.78. The average Bonchev–Trinajstić information content (AvgIpc) is 2.54. The van der Waals surface area contributed by atoms with Gasteiger partial charge in [0.1, 0.15) is 5.15 Å². The topological polar surface area (TPSA) is 62.2 Å². The van der Waals surface area contributed by atoms with Crippen molar-refractivity contribution in [3.63, 3.8) is 0 Å². The molecule has 0 spiro atoms. The highest BCUT2D eigenvalue weighted by molar-refractivity contribution is 6.29. The van der Waals surface area contributed by atoms with E-state index >= 15 is 0 Å². The summed E-state index contributed by atoms with van der Waals surface area (Å²) in [5.41, 5.74) is 1.38. The molecule has 1 amide bonds. The van der Waals surface area contributed by atoms with E-state index in [1.54, 1.807) is 18.2 Å². The molecular weight excluding hydrogens is 300 g/mol. The summed E-state index contributed by atoms with van der Waals surface area (Å²) in [6.07, 6.45) is 4.13. The fourth-order valence-electron chi connectivity index (χ4n) is 3.11. The molecule has 0 radical (unpaired) electrons. The van der Waals surface area contributed by atoms with Crippen LogP contribution in [0.4, 0.5) is 0 Å². The van der Waals surface area contributed by atoms with Gasteiger partial charge in [0.15, 0.2) is 0 Å². The van der Waals surface area contributed by atoms with Crippen molar-refractivity contribution in [3.05, 3.63) is 41.0 Å². The van der Waals surface area contributed by atoms with Gasteiger partial charge in [0.25, 0.3) is 5.91 Å². The second kappa shape index (κ2) is 6.63. The minimum Gasteiger partial charge on any atom is -0.396 e. The highest BCUT2D eigenvalue weighted by Gasteiger charge is 2.26. The molecule has 0 saturated heterocycles. The highest BCUT2D eigenvalue weighted by atomic mass is 35.5. The van der Waals surface area contributed by atoms with E-state index < -0.39 is 0 Å². The third-order valence-electron chi connectivity index (χ3n) is 4.38. The maximum Gasteiger partial charge on any atom is 0.251 e. The zero-order valence-electron chi connectivity index (χ0n) is 12.3. The Morgan fingerprint density at radius 2 is 2.09 bits per heavy atom. The quantitative estimate of drug-likeness (QED) is 0.854. The fourth-order valence-corrected chi connectivity index (χ4v) is 3.26. The number of aromatic nitrogens is 1. The smallest absolute Gasteiger partial charge is 0.251 e. The Hall–Kier alpha value is -1.65. The third-order valence-corrected chi connectivity index (χ3v) is 4.59. The number of hydrogen-bond donors (Lipinski definition) is 2. The molecular formula is C17H19ClN2O2. The summed E-state index contributed by atoms with van der Waals surface area (Å²) in [4.78, 5) is 16.7. The van der Waals surface area contributed by atoms with Crippen molar-refractivity contribution in [2.75, 3.05) is 6.61 Å². The Bertz CT molecular complexity index is 689. The number of halogens is 1. The molecule has 1 heterocycles. The number of aliphatic hydroxyl groups excluding tert-OH is 1. The summed E-state index contributed by atoms with van der Waals surface area (Å²) in [6, 6.07) is 9.03. The largest absolute Gasteiger partial charge is 0.396 e. The van der Waals surface area contributed by atoms with Crippen molar-refractivity contribution in [2.24, 2.45) is 5.92 Å². The van der Waals surface area contributed by atoms with Gasteiger partial charge in [0.2, 0.25) is 0 Å². The van der Waals surface area contributed by atoms with Gasteiger partial charge in [-0.15, -0.1) is 0 Å². The van der Waals surface area contributed by atoms with Gasteiger partial charge in [-0.25, -0.2) is 4.98 Å². The number of nitrogens with one attached hydrogen (secondary N) is 1. The molecule has 1 aliphatic carbocycles. The van der Waals surface area contributed by atoms with E-state index in [0.29, 0.717) is 10.7 Å². The normalized spacial score (nSPS) is 21.7. The van der Waals surface area contributed by atoms with Crippen LogP contribution in [0.3, 0.4) is 0 Å². The molecule has 1 aromatic carbocycles. The first-order valence-electron chi connectivity index (χ1n) is 7.65. The summed E-state index contributed by atoms with van der Waals surface area (Å²) in [5.74, 6) is 0.0702. The highest BCUT2D eigenvalue weighted by Crippen LogP contribution is 2.24. The molecule has 22 heavy (non-hydrogen) atoms. The van der Waals surface area contributed by atoms with Crippen molar-refractivity contribution < 1.29 is 9.90 Å². The molecule has 1 aromatic heterocycles. The number of carbonyl (C=O) groups is 1. The van der Waals surface area contributed by atoms with Crippen LogP contribution in [0.25, 0.3) is 10.9 Å². The monoisotopic (exact) mass is 318 g/mol. The second-order valence-electron chi connectivity index (χ2n) is 5.85. The van der Waals surface area contributed by atoms with Crippen LogP contribution in [-0.2, 0) is 0 Å². The van der Waals surface area contributed by atoms with E-state index in [9.17, 15) is 9.90 Å². The van der Waals surface area contributed by atoms with Crippen LogP contribution in [0, 0.1) is 5.92 Å². The van der Waals surface area contributed by atoms with Crippen molar-refractivity contribution in [2.45, 2.75) is 31.7 Å². The van der Waals surface area contributed by atoms with E-state index in [0.717, 1.165) is 36.6 Å². The fraction of sp³-hybridized carbons (Fsp3) is 0.412. The van der Waals surface area contributed by atoms with Gasteiger partial charge in [-0.3, -0.25) is 4.79 Å². The van der Waals surface area contributed by atoms with Gasteiger partial charge in [-0.2, -0.15) is 0 Å². The van der Waals surface area contributed by atoms with Gasteiger partial charge >= 0.3 is 0 Å². The summed E-state index contributed by atoms with van der Waals surface area (Å²) in [6.45, 7) is 0.130. The summed E-state index contributed by atoms with van der Waals surface area (Å²) in [5, 5.41) is 13.8. The van der Waals surface area contributed by atoms with Crippen LogP contribution in [0.5, 0.6) is 0 Å². The lowest BCUT2D eigenvalue weighted by Crippen LogP contribution is -2.43. The molecule has 0 bridgehead atoms. The number of fused-ring (bicyclic) bond motifs is 1. The number of pyridine rings is 1. The number of hydrogen-bond acceptors (Lipinski definition) is 3. The number of nitrogens with zero attached hydrogens (tertiary/aromatic N) is 1. The number of rotatable bonds is 3. The zero-order valence-corrected chi connectivity index (χ0v) is 13.0. The second-order valence-corrected chi connectivity index (χ2v) is 6.24. The first-order chi connectivity index (χ1) is 10.7. The molecule has 1 aliphatic rings. The van der Waals surface area contributed by atoms with E-state index in [1.165, 1.54) is 0 Å². The molecule has 1 saturated carbocycles. The number of aliphatic hydroxyl groups is 1. The van der Waals surface area contributed by atoms with E-state index in [4.69, 9.17) is 11.6 Å². The van der Waals surface area contributed by atoms with Gasteiger partial charge in [-0.1, -0.05) is 24.4 Å². The molecule has 2 aromatic rings. The molecule has 2 N–H and O–H groups in total. The lowest BCUT2D eigenvalue weighted by atomic mass is 9.85. The van der Waals surface area contributed by atoms with Crippen LogP contribution in [-0.4, -0.2) is 28.6 Å². The Kier molecular flexibility index (Phi) is 4.60. The number of carbonyl (C=O) groups excluding carboxylic acids is 1. The first-order valence-corrected chi connectivity index (χ1v) is 8.03. The maximum atomic E-state index is 12.4. The zero-order chi connectivity index (χ0) is 15.5. The summed E-state index contributed by atoms with van der Waals surface area (Å²) >= 11 is 5.87. The molecule has 5 heteroatoms. The number of amides is 1. The standard InChI is InChI=1S/C17H19ClN2O2/c18-16-8-6-11-9-12(5-7-15(11)19-16)17(22)20-14-4-2-1-3-13(14)10-21/h5-9,13-14,21H,1-4,10H2,(H,20,22). The van der Waals surface area contributed by atoms with E-state index in [-0.39, 0.29) is 24.5 Å². The Morgan fingerprint density at radius 3 is 2.91 bits per heavy atom.